The van der Waals surface area contributed by atoms with Crippen molar-refractivity contribution in [1.82, 2.24) is 14.7 Å². The number of para-hydroxylation sites is 1. The third kappa shape index (κ3) is 4.44. The van der Waals surface area contributed by atoms with Gasteiger partial charge in [-0.05, 0) is 58.6 Å². The van der Waals surface area contributed by atoms with E-state index >= 15 is 0 Å². The number of ether oxygens (including phenoxy) is 1. The minimum absolute atomic E-state index is 0.00120. The van der Waals surface area contributed by atoms with Gasteiger partial charge in [-0.1, -0.05) is 18.2 Å². The summed E-state index contributed by atoms with van der Waals surface area (Å²) in [6.45, 7) is 10.6. The first-order chi connectivity index (χ1) is 13.6. The molecule has 1 aliphatic rings. The number of piperidine rings is 1. The number of rotatable bonds is 3. The number of carboxylic acid groups (broad SMARTS) is 1. The Morgan fingerprint density at radius 3 is 2.24 bits per heavy atom. The molecule has 1 N–H and O–H groups in total. The fourth-order valence-corrected chi connectivity index (χ4v) is 3.90. The van der Waals surface area contributed by atoms with Gasteiger partial charge in [-0.3, -0.25) is 0 Å². The summed E-state index contributed by atoms with van der Waals surface area (Å²) in [6.07, 6.45) is 2.44. The number of aromatic nitrogens is 2. The van der Waals surface area contributed by atoms with E-state index in [9.17, 15) is 14.7 Å². The van der Waals surface area contributed by atoms with Gasteiger partial charge in [0, 0.05) is 19.0 Å². The Labute approximate surface area is 171 Å². The SMILES string of the molecule is Cc1cccc(C)c1-n1ncc(C(=O)O)c1C1CCN(C(=O)OC(C)(C)C)CC1. The molecule has 0 bridgehead atoms. The Bertz CT molecular complexity index is 898. The molecule has 1 saturated heterocycles. The molecule has 1 amide bonds. The highest BCUT2D eigenvalue weighted by atomic mass is 16.6. The van der Waals surface area contributed by atoms with Crippen LogP contribution in [0.1, 0.15) is 66.7 Å². The molecule has 29 heavy (non-hydrogen) atoms. The standard InChI is InChI=1S/C22H29N3O4/c1-14-7-6-8-15(2)18(14)25-19(17(13-23-25)20(26)27)16-9-11-24(12-10-16)21(28)29-22(3,4)5/h6-8,13,16H,9-12H2,1-5H3,(H,26,27). The molecule has 0 unspecified atom stereocenters. The average Bonchev–Trinajstić information content (AvgIpc) is 3.05. The minimum Gasteiger partial charge on any atom is -0.478 e. The molecule has 2 heterocycles. The van der Waals surface area contributed by atoms with Gasteiger partial charge in [0.2, 0.25) is 0 Å². The zero-order valence-corrected chi connectivity index (χ0v) is 17.7. The van der Waals surface area contributed by atoms with Crippen LogP contribution in [0.2, 0.25) is 0 Å². The fourth-order valence-electron chi connectivity index (χ4n) is 3.90. The number of carboxylic acids is 1. The van der Waals surface area contributed by atoms with Crippen LogP contribution in [0.3, 0.4) is 0 Å². The van der Waals surface area contributed by atoms with Crippen LogP contribution in [0.25, 0.3) is 5.69 Å². The van der Waals surface area contributed by atoms with E-state index in [-0.39, 0.29) is 17.6 Å². The summed E-state index contributed by atoms with van der Waals surface area (Å²) >= 11 is 0. The molecule has 7 nitrogen and oxygen atoms in total. The number of hydrogen-bond donors (Lipinski definition) is 1. The molecular weight excluding hydrogens is 370 g/mol. The number of likely N-dealkylation sites (tertiary alicyclic amines) is 1. The van der Waals surface area contributed by atoms with Crippen LogP contribution in [0.5, 0.6) is 0 Å². The molecular formula is C22H29N3O4. The highest BCUT2D eigenvalue weighted by Crippen LogP contribution is 2.34. The van der Waals surface area contributed by atoms with E-state index in [0.29, 0.717) is 31.6 Å². The molecule has 1 aromatic heterocycles. The van der Waals surface area contributed by atoms with E-state index < -0.39 is 11.6 Å². The zero-order chi connectivity index (χ0) is 21.3. The Balaban J connectivity index is 1.89. The lowest BCUT2D eigenvalue weighted by Gasteiger charge is -2.34. The minimum atomic E-state index is -0.980. The van der Waals surface area contributed by atoms with Crippen molar-refractivity contribution in [3.8, 4) is 5.69 Å². The molecule has 0 saturated carbocycles. The Morgan fingerprint density at radius 1 is 1.14 bits per heavy atom. The van der Waals surface area contributed by atoms with Gasteiger partial charge in [0.15, 0.2) is 0 Å². The van der Waals surface area contributed by atoms with Crippen molar-refractivity contribution in [1.29, 1.82) is 0 Å². The third-order valence-electron chi connectivity index (χ3n) is 5.22. The quantitative estimate of drug-likeness (QED) is 0.832. The maximum Gasteiger partial charge on any atom is 0.410 e. The molecule has 0 radical (unpaired) electrons. The first kappa shape index (κ1) is 20.9. The van der Waals surface area contributed by atoms with Gasteiger partial charge >= 0.3 is 12.1 Å². The fraction of sp³-hybridized carbons (Fsp3) is 0.500. The highest BCUT2D eigenvalue weighted by Gasteiger charge is 2.32. The Kier molecular flexibility index (Phi) is 5.68. The van der Waals surface area contributed by atoms with Gasteiger partial charge in [-0.15, -0.1) is 0 Å². The molecule has 156 valence electrons. The number of nitrogens with zero attached hydrogens (tertiary/aromatic N) is 3. The van der Waals surface area contributed by atoms with Gasteiger partial charge < -0.3 is 14.7 Å². The van der Waals surface area contributed by atoms with Crippen molar-refractivity contribution in [3.05, 3.63) is 46.8 Å². The second-order valence-electron chi connectivity index (χ2n) is 8.64. The van der Waals surface area contributed by atoms with Crippen molar-refractivity contribution in [3.63, 3.8) is 0 Å². The first-order valence-corrected chi connectivity index (χ1v) is 9.94. The summed E-state index contributed by atoms with van der Waals surface area (Å²) in [7, 11) is 0. The van der Waals surface area contributed by atoms with Gasteiger partial charge in [0.1, 0.15) is 11.2 Å². The lowest BCUT2D eigenvalue weighted by Crippen LogP contribution is -2.41. The Hall–Kier alpha value is -2.83. The molecule has 0 atom stereocenters. The van der Waals surface area contributed by atoms with E-state index in [1.807, 2.05) is 52.8 Å². The van der Waals surface area contributed by atoms with Crippen molar-refractivity contribution >= 4 is 12.1 Å². The number of hydrogen-bond acceptors (Lipinski definition) is 4. The number of aryl methyl sites for hydroxylation is 2. The maximum atomic E-state index is 12.4. The van der Waals surface area contributed by atoms with Crippen LogP contribution in [-0.2, 0) is 4.74 Å². The molecule has 7 heteroatoms. The normalized spacial score (nSPS) is 15.4. The summed E-state index contributed by atoms with van der Waals surface area (Å²) in [6, 6.07) is 5.98. The smallest absolute Gasteiger partial charge is 0.410 e. The number of carbonyl (C=O) groups excluding carboxylic acids is 1. The molecule has 1 fully saturated rings. The second-order valence-corrected chi connectivity index (χ2v) is 8.64. The van der Waals surface area contributed by atoms with Crippen molar-refractivity contribution < 1.29 is 19.4 Å². The van der Waals surface area contributed by atoms with Crippen LogP contribution in [0.4, 0.5) is 4.79 Å². The van der Waals surface area contributed by atoms with Crippen molar-refractivity contribution in [2.75, 3.05) is 13.1 Å². The summed E-state index contributed by atoms with van der Waals surface area (Å²) in [5.41, 5.74) is 3.40. The monoisotopic (exact) mass is 399 g/mol. The number of carbonyl (C=O) groups is 2. The van der Waals surface area contributed by atoms with Crippen LogP contribution in [-0.4, -0.2) is 50.5 Å². The number of aromatic carboxylic acids is 1. The van der Waals surface area contributed by atoms with Gasteiger partial charge in [-0.25, -0.2) is 14.3 Å². The van der Waals surface area contributed by atoms with Crippen molar-refractivity contribution in [2.24, 2.45) is 0 Å². The van der Waals surface area contributed by atoms with Crippen LogP contribution in [0.15, 0.2) is 24.4 Å². The molecule has 3 rings (SSSR count). The molecule has 0 aliphatic carbocycles. The summed E-state index contributed by atoms with van der Waals surface area (Å²) in [5, 5.41) is 14.2. The largest absolute Gasteiger partial charge is 0.478 e. The predicted octanol–water partition coefficient (Wildman–Crippen LogP) is 4.30. The van der Waals surface area contributed by atoms with E-state index in [1.165, 1.54) is 6.20 Å². The first-order valence-electron chi connectivity index (χ1n) is 9.94. The molecule has 1 aromatic carbocycles. The van der Waals surface area contributed by atoms with Gasteiger partial charge in [0.25, 0.3) is 0 Å². The summed E-state index contributed by atoms with van der Waals surface area (Å²) in [4.78, 5) is 25.9. The van der Waals surface area contributed by atoms with E-state index in [2.05, 4.69) is 5.10 Å². The average molecular weight is 399 g/mol. The molecule has 1 aliphatic heterocycles. The third-order valence-corrected chi connectivity index (χ3v) is 5.22. The van der Waals surface area contributed by atoms with Crippen molar-refractivity contribution in [2.45, 2.75) is 59.0 Å². The lowest BCUT2D eigenvalue weighted by molar-refractivity contribution is 0.0202. The zero-order valence-electron chi connectivity index (χ0n) is 17.7. The lowest BCUT2D eigenvalue weighted by atomic mass is 9.91. The Morgan fingerprint density at radius 2 is 1.72 bits per heavy atom. The maximum absolute atomic E-state index is 12.4. The van der Waals surface area contributed by atoms with Gasteiger partial charge in [0.05, 0.1) is 17.6 Å². The van der Waals surface area contributed by atoms with E-state index in [4.69, 9.17) is 4.74 Å². The van der Waals surface area contributed by atoms with Gasteiger partial charge in [-0.2, -0.15) is 5.10 Å². The number of amides is 1. The summed E-state index contributed by atoms with van der Waals surface area (Å²) < 4.78 is 7.24. The molecule has 2 aromatic rings. The van der Waals surface area contributed by atoms with Crippen LogP contribution < -0.4 is 0 Å². The summed E-state index contributed by atoms with van der Waals surface area (Å²) in [5.74, 6) is -0.978. The van der Waals surface area contributed by atoms with Crippen LogP contribution >= 0.6 is 0 Å². The molecule has 0 spiro atoms. The van der Waals surface area contributed by atoms with E-state index in [0.717, 1.165) is 16.8 Å². The van der Waals surface area contributed by atoms with Crippen LogP contribution in [0, 0.1) is 13.8 Å². The topological polar surface area (TPSA) is 84.7 Å². The second kappa shape index (κ2) is 7.89. The predicted molar refractivity (Wildman–Crippen MR) is 110 cm³/mol. The van der Waals surface area contributed by atoms with E-state index in [1.54, 1.807) is 9.58 Å². The number of benzene rings is 1. The highest BCUT2D eigenvalue weighted by molar-refractivity contribution is 5.89.